The minimum Gasteiger partial charge on any atom is -0.506 e. The van der Waals surface area contributed by atoms with Crippen molar-refractivity contribution in [1.29, 1.82) is 0 Å². The van der Waals surface area contributed by atoms with Gasteiger partial charge in [0, 0.05) is 5.69 Å². The number of amides is 2. The molecule has 2 amide bonds. The Morgan fingerprint density at radius 1 is 1.04 bits per heavy atom. The van der Waals surface area contributed by atoms with E-state index < -0.39 is 0 Å². The molecule has 0 aliphatic heterocycles. The van der Waals surface area contributed by atoms with Gasteiger partial charge in [-0.05, 0) is 55.4 Å². The van der Waals surface area contributed by atoms with E-state index in [0.717, 1.165) is 22.4 Å². The van der Waals surface area contributed by atoms with E-state index in [1.807, 2.05) is 39.0 Å². The number of hydrogen-bond acceptors (Lipinski definition) is 3. The highest BCUT2D eigenvalue weighted by Gasteiger charge is 2.21. The predicted octanol–water partition coefficient (Wildman–Crippen LogP) is 4.96. The van der Waals surface area contributed by atoms with E-state index in [-0.39, 0.29) is 17.2 Å². The van der Waals surface area contributed by atoms with Crippen molar-refractivity contribution < 1.29 is 9.90 Å². The number of para-hydroxylation sites is 1. The van der Waals surface area contributed by atoms with E-state index in [9.17, 15) is 9.90 Å². The monoisotopic (exact) mass is 341 g/mol. The summed E-state index contributed by atoms with van der Waals surface area (Å²) < 4.78 is 0. The highest BCUT2D eigenvalue weighted by Crippen LogP contribution is 2.32. The Kier molecular flexibility index (Phi) is 5.07. The molecule has 0 aliphatic carbocycles. The lowest BCUT2D eigenvalue weighted by molar-refractivity contribution is 0.262. The summed E-state index contributed by atoms with van der Waals surface area (Å²) in [6.45, 7) is 13.7. The second-order valence-electron chi connectivity index (χ2n) is 7.47. The standard InChI is InChI=1S/C20H27N3O2/c1-11-9-8-10-15(20(5,6)7)16(11)22-19(25)23-18-13(3)12(2)17(24)14(4)21-18/h8-10,24H,1-7H3,(H2,21,22,23,25). The lowest BCUT2D eigenvalue weighted by Crippen LogP contribution is -2.24. The number of hydrogen-bond donors (Lipinski definition) is 3. The van der Waals surface area contributed by atoms with Crippen LogP contribution in [-0.2, 0) is 5.41 Å². The molecule has 0 bridgehead atoms. The van der Waals surface area contributed by atoms with Gasteiger partial charge in [0.2, 0.25) is 0 Å². The fourth-order valence-electron chi connectivity index (χ4n) is 2.76. The molecule has 2 rings (SSSR count). The number of benzene rings is 1. The van der Waals surface area contributed by atoms with Gasteiger partial charge in [0.25, 0.3) is 0 Å². The average Bonchev–Trinajstić information content (AvgIpc) is 2.51. The van der Waals surface area contributed by atoms with Gasteiger partial charge in [-0.1, -0.05) is 39.0 Å². The van der Waals surface area contributed by atoms with Crippen LogP contribution in [0, 0.1) is 27.7 Å². The smallest absolute Gasteiger partial charge is 0.324 e. The zero-order chi connectivity index (χ0) is 18.9. The van der Waals surface area contributed by atoms with Crippen LogP contribution in [0.25, 0.3) is 0 Å². The van der Waals surface area contributed by atoms with Crippen molar-refractivity contribution in [3.63, 3.8) is 0 Å². The van der Waals surface area contributed by atoms with Crippen molar-refractivity contribution >= 4 is 17.5 Å². The zero-order valence-electron chi connectivity index (χ0n) is 16.0. The van der Waals surface area contributed by atoms with Gasteiger partial charge in [0.05, 0.1) is 5.69 Å². The number of aryl methyl sites for hydroxylation is 2. The number of nitrogens with zero attached hydrogens (tertiary/aromatic N) is 1. The van der Waals surface area contributed by atoms with Gasteiger partial charge in [0.15, 0.2) is 0 Å². The first-order valence-electron chi connectivity index (χ1n) is 8.37. The van der Waals surface area contributed by atoms with Crippen LogP contribution in [0.1, 0.15) is 48.7 Å². The summed E-state index contributed by atoms with van der Waals surface area (Å²) in [5.74, 6) is 0.619. The lowest BCUT2D eigenvalue weighted by atomic mass is 9.84. The Morgan fingerprint density at radius 3 is 2.28 bits per heavy atom. The number of aromatic nitrogens is 1. The first-order chi connectivity index (χ1) is 11.5. The molecule has 0 atom stereocenters. The fourth-order valence-corrected chi connectivity index (χ4v) is 2.76. The van der Waals surface area contributed by atoms with E-state index in [2.05, 4.69) is 36.4 Å². The number of carbonyl (C=O) groups excluding carboxylic acids is 1. The molecular formula is C20H27N3O2. The molecule has 1 heterocycles. The number of anilines is 2. The molecule has 134 valence electrons. The topological polar surface area (TPSA) is 74.2 Å². The third kappa shape index (κ3) is 3.92. The summed E-state index contributed by atoms with van der Waals surface area (Å²) in [5, 5.41) is 15.7. The van der Waals surface area contributed by atoms with Crippen molar-refractivity contribution in [1.82, 2.24) is 4.98 Å². The summed E-state index contributed by atoms with van der Waals surface area (Å²) >= 11 is 0. The van der Waals surface area contributed by atoms with Crippen molar-refractivity contribution in [3.8, 4) is 5.75 Å². The number of nitrogens with one attached hydrogen (secondary N) is 2. The van der Waals surface area contributed by atoms with Crippen LogP contribution in [0.3, 0.4) is 0 Å². The second kappa shape index (κ2) is 6.75. The molecule has 0 radical (unpaired) electrons. The maximum absolute atomic E-state index is 12.5. The predicted molar refractivity (Wildman–Crippen MR) is 103 cm³/mol. The highest BCUT2D eigenvalue weighted by molar-refractivity contribution is 6.00. The molecule has 0 fully saturated rings. The number of carbonyl (C=O) groups is 1. The van der Waals surface area contributed by atoms with Crippen LogP contribution in [-0.4, -0.2) is 16.1 Å². The summed E-state index contributed by atoms with van der Waals surface area (Å²) in [6, 6.07) is 5.65. The van der Waals surface area contributed by atoms with Crippen molar-refractivity contribution in [2.24, 2.45) is 0 Å². The molecule has 0 aliphatic rings. The Balaban J connectivity index is 2.31. The normalized spacial score (nSPS) is 11.3. The third-order valence-electron chi connectivity index (χ3n) is 4.45. The van der Waals surface area contributed by atoms with Gasteiger partial charge in [0.1, 0.15) is 11.6 Å². The second-order valence-corrected chi connectivity index (χ2v) is 7.47. The van der Waals surface area contributed by atoms with Crippen LogP contribution in [0.15, 0.2) is 18.2 Å². The van der Waals surface area contributed by atoms with Crippen molar-refractivity contribution in [3.05, 3.63) is 46.1 Å². The Morgan fingerprint density at radius 2 is 1.68 bits per heavy atom. The molecule has 0 saturated carbocycles. The van der Waals surface area contributed by atoms with Gasteiger partial charge >= 0.3 is 6.03 Å². The van der Waals surface area contributed by atoms with Crippen molar-refractivity contribution in [2.45, 2.75) is 53.9 Å². The first kappa shape index (κ1) is 18.8. The molecule has 0 saturated heterocycles. The number of pyridine rings is 1. The van der Waals surface area contributed by atoms with E-state index in [1.165, 1.54) is 0 Å². The van der Waals surface area contributed by atoms with Gasteiger partial charge in [-0.3, -0.25) is 5.32 Å². The third-order valence-corrected chi connectivity index (χ3v) is 4.45. The molecule has 2 aromatic rings. The molecule has 1 aromatic carbocycles. The maximum atomic E-state index is 12.5. The molecule has 3 N–H and O–H groups in total. The summed E-state index contributed by atoms with van der Waals surface area (Å²) in [7, 11) is 0. The molecule has 5 nitrogen and oxygen atoms in total. The maximum Gasteiger partial charge on any atom is 0.324 e. The van der Waals surface area contributed by atoms with Gasteiger partial charge in [-0.25, -0.2) is 9.78 Å². The minimum absolute atomic E-state index is 0.0888. The van der Waals surface area contributed by atoms with Crippen LogP contribution in [0.5, 0.6) is 5.75 Å². The first-order valence-corrected chi connectivity index (χ1v) is 8.37. The highest BCUT2D eigenvalue weighted by atomic mass is 16.3. The average molecular weight is 341 g/mol. The lowest BCUT2D eigenvalue weighted by Gasteiger charge is -2.24. The van der Waals surface area contributed by atoms with E-state index in [1.54, 1.807) is 6.92 Å². The molecule has 5 heteroatoms. The van der Waals surface area contributed by atoms with Gasteiger partial charge < -0.3 is 10.4 Å². The van der Waals surface area contributed by atoms with Gasteiger partial charge in [-0.15, -0.1) is 0 Å². The minimum atomic E-state index is -0.347. The van der Waals surface area contributed by atoms with E-state index in [4.69, 9.17) is 0 Å². The Bertz CT molecular complexity index is 821. The van der Waals surface area contributed by atoms with E-state index in [0.29, 0.717) is 17.1 Å². The van der Waals surface area contributed by atoms with Gasteiger partial charge in [-0.2, -0.15) is 0 Å². The fraction of sp³-hybridized carbons (Fsp3) is 0.400. The van der Waals surface area contributed by atoms with Crippen LogP contribution in [0.2, 0.25) is 0 Å². The molecule has 25 heavy (non-hydrogen) atoms. The van der Waals surface area contributed by atoms with Crippen LogP contribution in [0.4, 0.5) is 16.3 Å². The number of urea groups is 1. The summed E-state index contributed by atoms with van der Waals surface area (Å²) in [4.78, 5) is 16.8. The molecule has 1 aromatic heterocycles. The zero-order valence-corrected chi connectivity index (χ0v) is 16.0. The van der Waals surface area contributed by atoms with Crippen molar-refractivity contribution in [2.75, 3.05) is 10.6 Å². The van der Waals surface area contributed by atoms with Crippen LogP contribution >= 0.6 is 0 Å². The SMILES string of the molecule is Cc1cccc(C(C)(C)C)c1NC(=O)Nc1nc(C)c(O)c(C)c1C. The molecule has 0 spiro atoms. The molecule has 0 unspecified atom stereocenters. The number of rotatable bonds is 2. The largest absolute Gasteiger partial charge is 0.506 e. The Labute approximate surface area is 149 Å². The Hall–Kier alpha value is -2.56. The summed E-state index contributed by atoms with van der Waals surface area (Å²) in [6.07, 6.45) is 0. The number of aromatic hydroxyl groups is 1. The molecular weight excluding hydrogens is 314 g/mol. The van der Waals surface area contributed by atoms with E-state index >= 15 is 0 Å². The van der Waals surface area contributed by atoms with Crippen LogP contribution < -0.4 is 10.6 Å². The quantitative estimate of drug-likeness (QED) is 0.722. The summed E-state index contributed by atoms with van der Waals surface area (Å²) in [5.41, 5.74) is 4.76.